The minimum absolute atomic E-state index is 0. The molecule has 0 aromatic carbocycles. The summed E-state index contributed by atoms with van der Waals surface area (Å²) in [5.41, 5.74) is 0. The van der Waals surface area contributed by atoms with Crippen LogP contribution in [-0.4, -0.2) is 45.5 Å². The van der Waals surface area contributed by atoms with E-state index in [-0.39, 0.29) is 112 Å². The largest absolute Gasteiger partial charge is 4.00 e. The molecular weight excluding hydrogens is 362 g/mol. The van der Waals surface area contributed by atoms with Gasteiger partial charge in [0.1, 0.15) is 0 Å². The van der Waals surface area contributed by atoms with Gasteiger partial charge in [-0.1, -0.05) is 0 Å². The molecule has 0 aromatic heterocycles. The molecular formula is HfS3Sr. The van der Waals surface area contributed by atoms with E-state index in [4.69, 9.17) is 0 Å². The maximum absolute atomic E-state index is 0. The van der Waals surface area contributed by atoms with Crippen molar-refractivity contribution in [2.75, 3.05) is 0 Å². The van der Waals surface area contributed by atoms with E-state index >= 15 is 0 Å². The minimum atomic E-state index is 0. The Morgan fingerprint density at radius 1 is 0.600 bits per heavy atom. The Labute approximate surface area is 109 Å². The monoisotopic (exact) mass is 364 g/mol. The van der Waals surface area contributed by atoms with E-state index < -0.39 is 0 Å². The normalized spacial score (nSPS) is 0. The Kier molecular flexibility index (Phi) is 209. The summed E-state index contributed by atoms with van der Waals surface area (Å²) in [6, 6.07) is 0. The second-order valence-corrected chi connectivity index (χ2v) is 0. The van der Waals surface area contributed by atoms with Crippen molar-refractivity contribution < 1.29 is 25.8 Å². The van der Waals surface area contributed by atoms with Crippen LogP contribution in [0.2, 0.25) is 0 Å². The Morgan fingerprint density at radius 2 is 0.600 bits per heavy atom. The van der Waals surface area contributed by atoms with E-state index in [9.17, 15) is 0 Å². The van der Waals surface area contributed by atoms with Gasteiger partial charge in [-0.15, -0.1) is 0 Å². The smallest absolute Gasteiger partial charge is 2.00 e. The van der Waals surface area contributed by atoms with E-state index in [1.54, 1.807) is 0 Å². The maximum Gasteiger partial charge on any atom is 4.00 e. The fraction of sp³-hybridized carbons (Fsp3) is 0. The van der Waals surface area contributed by atoms with Crippen LogP contribution in [0.4, 0.5) is 0 Å². The van der Waals surface area contributed by atoms with Gasteiger partial charge in [-0.05, 0) is 0 Å². The first-order chi connectivity index (χ1) is 0. The third kappa shape index (κ3) is 18.7. The van der Waals surface area contributed by atoms with Crippen LogP contribution in [0, 0.1) is 0 Å². The van der Waals surface area contributed by atoms with Crippen LogP contribution < -0.4 is 0 Å². The van der Waals surface area contributed by atoms with Crippen LogP contribution in [0.25, 0.3) is 0 Å². The molecule has 0 fully saturated rings. The summed E-state index contributed by atoms with van der Waals surface area (Å²) in [4.78, 5) is 0. The molecule has 0 saturated carbocycles. The second kappa shape index (κ2) is 26.2. The standard InChI is InChI=1S/Hf.3S.Sr/q+4;3*-2;+2. The topological polar surface area (TPSA) is 0 Å². The molecule has 0 aliphatic carbocycles. The molecule has 0 aromatic rings. The number of hydrogen-bond donors (Lipinski definition) is 0. The number of hydrogen-bond acceptors (Lipinski definition) is 0. The third-order valence-corrected chi connectivity index (χ3v) is 0. The summed E-state index contributed by atoms with van der Waals surface area (Å²) in [6.45, 7) is 0. The molecule has 0 unspecified atom stereocenters. The van der Waals surface area contributed by atoms with E-state index in [1.165, 1.54) is 0 Å². The minimum Gasteiger partial charge on any atom is -2.00 e. The molecule has 0 radical (unpaired) electrons. The predicted octanol–water partition coefficient (Wildman–Crippen LogP) is -0.391. The molecule has 0 bridgehead atoms. The van der Waals surface area contributed by atoms with Crippen molar-refractivity contribution in [3.8, 4) is 0 Å². The van der Waals surface area contributed by atoms with Crippen LogP contribution in [0.1, 0.15) is 0 Å². The van der Waals surface area contributed by atoms with Crippen LogP contribution in [0.3, 0.4) is 0 Å². The summed E-state index contributed by atoms with van der Waals surface area (Å²) in [7, 11) is 0. The van der Waals surface area contributed by atoms with Crippen molar-refractivity contribution in [3.05, 3.63) is 0 Å². The summed E-state index contributed by atoms with van der Waals surface area (Å²) in [5, 5.41) is 0. The van der Waals surface area contributed by atoms with E-state index in [0.717, 1.165) is 0 Å². The predicted molar refractivity (Wildman–Crippen MR) is 27.8 cm³/mol. The quantitative estimate of drug-likeness (QED) is 0.515. The van der Waals surface area contributed by atoms with Crippen molar-refractivity contribution in [2.24, 2.45) is 0 Å². The molecule has 0 saturated heterocycles. The van der Waals surface area contributed by atoms with Crippen LogP contribution in [0.15, 0.2) is 0 Å². The maximum atomic E-state index is 0. The zero-order valence-corrected chi connectivity index (χ0v) is 12.0. The van der Waals surface area contributed by atoms with Crippen LogP contribution in [-0.2, 0) is 66.3 Å². The second-order valence-electron chi connectivity index (χ2n) is 0. The molecule has 0 rings (SSSR count). The van der Waals surface area contributed by atoms with Crippen molar-refractivity contribution in [3.63, 3.8) is 0 Å². The van der Waals surface area contributed by atoms with Gasteiger partial charge in [0.05, 0.1) is 0 Å². The van der Waals surface area contributed by atoms with Crippen molar-refractivity contribution >= 4 is 86.0 Å². The molecule has 0 aliphatic heterocycles. The Balaban J connectivity index is 0. The Hall–Kier alpha value is 3.40. The van der Waals surface area contributed by atoms with Crippen LogP contribution in [0.5, 0.6) is 0 Å². The summed E-state index contributed by atoms with van der Waals surface area (Å²) >= 11 is 0. The summed E-state index contributed by atoms with van der Waals surface area (Å²) in [5.74, 6) is 0. The summed E-state index contributed by atoms with van der Waals surface area (Å²) in [6.07, 6.45) is 0. The molecule has 5 heteroatoms. The number of rotatable bonds is 0. The van der Waals surface area contributed by atoms with Gasteiger partial charge in [-0.2, -0.15) is 0 Å². The van der Waals surface area contributed by atoms with E-state index in [1.807, 2.05) is 0 Å². The molecule has 0 spiro atoms. The van der Waals surface area contributed by atoms with Gasteiger partial charge < -0.3 is 40.5 Å². The molecule has 0 amide bonds. The average molecular weight is 362 g/mol. The van der Waals surface area contributed by atoms with Gasteiger partial charge in [0.25, 0.3) is 0 Å². The summed E-state index contributed by atoms with van der Waals surface area (Å²) < 4.78 is 0. The van der Waals surface area contributed by atoms with Crippen molar-refractivity contribution in [1.82, 2.24) is 0 Å². The average Bonchev–Trinajstić information content (AvgIpc) is 0. The van der Waals surface area contributed by atoms with Crippen LogP contribution >= 0.6 is 0 Å². The molecule has 0 nitrogen and oxygen atoms in total. The zero-order chi connectivity index (χ0) is 0. The molecule has 5 heavy (non-hydrogen) atoms. The van der Waals surface area contributed by atoms with Crippen molar-refractivity contribution in [2.45, 2.75) is 0 Å². The fourth-order valence-corrected chi connectivity index (χ4v) is 0. The first kappa shape index (κ1) is 39.8. The Morgan fingerprint density at radius 3 is 0.600 bits per heavy atom. The Bertz CT molecular complexity index is 6.85. The van der Waals surface area contributed by atoms with Crippen molar-refractivity contribution in [1.29, 1.82) is 0 Å². The first-order valence-corrected chi connectivity index (χ1v) is 0. The SMILES string of the molecule is [Hf+4].[S-2].[S-2].[S-2].[Sr+2]. The van der Waals surface area contributed by atoms with E-state index in [2.05, 4.69) is 0 Å². The molecule has 24 valence electrons. The molecule has 0 aliphatic rings. The van der Waals surface area contributed by atoms with Gasteiger partial charge in [-0.25, -0.2) is 0 Å². The van der Waals surface area contributed by atoms with Gasteiger partial charge in [0.2, 0.25) is 0 Å². The van der Waals surface area contributed by atoms with Gasteiger partial charge >= 0.3 is 71.3 Å². The third-order valence-electron chi connectivity index (χ3n) is 0. The van der Waals surface area contributed by atoms with Gasteiger partial charge in [-0.3, -0.25) is 0 Å². The van der Waals surface area contributed by atoms with Gasteiger partial charge in [0.15, 0.2) is 0 Å². The molecule has 0 heterocycles. The van der Waals surface area contributed by atoms with E-state index in [0.29, 0.717) is 0 Å². The zero-order valence-electron chi connectivity index (χ0n) is 2.43. The first-order valence-electron chi connectivity index (χ1n) is 0. The van der Waals surface area contributed by atoms with Gasteiger partial charge in [0, 0.05) is 0 Å². The molecule has 0 N–H and O–H groups in total. The molecule has 0 atom stereocenters. The fourth-order valence-electron chi connectivity index (χ4n) is 0.